The number of aromatic nitrogens is 1. The molecule has 1 heterocycles. The van der Waals surface area contributed by atoms with Crippen molar-refractivity contribution in [1.82, 2.24) is 9.88 Å². The number of amides is 3. The Morgan fingerprint density at radius 1 is 0.900 bits per heavy atom. The van der Waals surface area contributed by atoms with Gasteiger partial charge in [-0.15, -0.1) is 0 Å². The van der Waals surface area contributed by atoms with Gasteiger partial charge in [0, 0.05) is 41.6 Å². The highest BCUT2D eigenvalue weighted by atomic mass is 16.4. The maximum Gasteiger partial charge on any atom is 0.409 e. The maximum atomic E-state index is 12.6. The largest absolute Gasteiger partial charge is 0.465 e. The third-order valence-corrected chi connectivity index (χ3v) is 4.64. The molecule has 3 aromatic rings. The van der Waals surface area contributed by atoms with Crippen molar-refractivity contribution in [2.24, 2.45) is 0 Å². The van der Waals surface area contributed by atoms with Gasteiger partial charge in [0.15, 0.2) is 0 Å². The van der Waals surface area contributed by atoms with E-state index >= 15 is 0 Å². The van der Waals surface area contributed by atoms with Crippen LogP contribution in [0.5, 0.6) is 0 Å². The maximum absolute atomic E-state index is 12.6. The minimum absolute atomic E-state index is 0.0478. The smallest absolute Gasteiger partial charge is 0.409 e. The average molecular weight is 406 g/mol. The minimum Gasteiger partial charge on any atom is -0.465 e. The van der Waals surface area contributed by atoms with Crippen molar-refractivity contribution < 1.29 is 19.5 Å². The summed E-state index contributed by atoms with van der Waals surface area (Å²) in [6, 6.07) is 13.3. The number of rotatable bonds is 6. The van der Waals surface area contributed by atoms with Crippen LogP contribution in [-0.4, -0.2) is 46.0 Å². The van der Waals surface area contributed by atoms with Crippen LogP contribution in [0.25, 0.3) is 10.9 Å². The number of nitrogens with zero attached hydrogens (tertiary/aromatic N) is 2. The second kappa shape index (κ2) is 9.04. The van der Waals surface area contributed by atoms with E-state index in [-0.39, 0.29) is 11.8 Å². The molecule has 0 aliphatic heterocycles. The molecule has 154 valence electrons. The first-order valence-electron chi connectivity index (χ1n) is 9.51. The summed E-state index contributed by atoms with van der Waals surface area (Å²) in [5.74, 6) is -0.381. The van der Waals surface area contributed by atoms with Crippen molar-refractivity contribution in [3.63, 3.8) is 0 Å². The second-order valence-electron chi connectivity index (χ2n) is 6.57. The summed E-state index contributed by atoms with van der Waals surface area (Å²) in [4.78, 5) is 41.6. The minimum atomic E-state index is -1.16. The molecule has 2 aromatic carbocycles. The van der Waals surface area contributed by atoms with Crippen LogP contribution in [0.4, 0.5) is 16.2 Å². The van der Waals surface area contributed by atoms with Gasteiger partial charge in [0.05, 0.1) is 11.1 Å². The van der Waals surface area contributed by atoms with Crippen LogP contribution in [0.3, 0.4) is 0 Å². The Balaban J connectivity index is 1.73. The number of fused-ring (bicyclic) bond motifs is 1. The van der Waals surface area contributed by atoms with E-state index in [1.165, 1.54) is 6.20 Å². The van der Waals surface area contributed by atoms with Crippen molar-refractivity contribution in [2.45, 2.75) is 13.8 Å². The summed E-state index contributed by atoms with van der Waals surface area (Å²) < 4.78 is 0. The number of carboxylic acid groups (broad SMARTS) is 1. The molecule has 3 N–H and O–H groups in total. The molecule has 0 fully saturated rings. The third-order valence-electron chi connectivity index (χ3n) is 4.64. The number of carbonyl (C=O) groups is 3. The molecular weight excluding hydrogens is 384 g/mol. The van der Waals surface area contributed by atoms with Gasteiger partial charge < -0.3 is 15.3 Å². The van der Waals surface area contributed by atoms with E-state index in [4.69, 9.17) is 5.11 Å². The lowest BCUT2D eigenvalue weighted by molar-refractivity contribution is 0.0773. The summed E-state index contributed by atoms with van der Waals surface area (Å²) in [5.41, 5.74) is 2.47. The summed E-state index contributed by atoms with van der Waals surface area (Å²) in [7, 11) is 0. The van der Waals surface area contributed by atoms with E-state index in [9.17, 15) is 14.4 Å². The van der Waals surface area contributed by atoms with E-state index in [2.05, 4.69) is 15.6 Å². The van der Waals surface area contributed by atoms with Gasteiger partial charge >= 0.3 is 6.09 Å². The quantitative estimate of drug-likeness (QED) is 0.572. The molecule has 30 heavy (non-hydrogen) atoms. The topological polar surface area (TPSA) is 112 Å². The second-order valence-corrected chi connectivity index (χ2v) is 6.57. The van der Waals surface area contributed by atoms with Crippen molar-refractivity contribution in [1.29, 1.82) is 0 Å². The first-order valence-corrected chi connectivity index (χ1v) is 9.51. The fourth-order valence-corrected chi connectivity index (χ4v) is 3.04. The fraction of sp³-hybridized carbons (Fsp3) is 0.182. The molecule has 0 atom stereocenters. The molecule has 8 heteroatoms. The van der Waals surface area contributed by atoms with Gasteiger partial charge in [0.2, 0.25) is 0 Å². The van der Waals surface area contributed by atoms with E-state index < -0.39 is 6.09 Å². The Kier molecular flexibility index (Phi) is 6.26. The van der Waals surface area contributed by atoms with Crippen LogP contribution in [0, 0.1) is 0 Å². The van der Waals surface area contributed by atoms with Gasteiger partial charge in [-0.25, -0.2) is 4.79 Å². The number of anilines is 2. The molecule has 0 saturated heterocycles. The highest BCUT2D eigenvalue weighted by molar-refractivity contribution is 6.06. The van der Waals surface area contributed by atoms with Crippen LogP contribution in [-0.2, 0) is 0 Å². The van der Waals surface area contributed by atoms with Crippen LogP contribution in [0.15, 0.2) is 54.7 Å². The lowest BCUT2D eigenvalue weighted by atomic mass is 10.1. The molecule has 0 unspecified atom stereocenters. The molecule has 3 rings (SSSR count). The predicted octanol–water partition coefficient (Wildman–Crippen LogP) is 4.06. The van der Waals surface area contributed by atoms with Crippen molar-refractivity contribution in [2.75, 3.05) is 23.7 Å². The van der Waals surface area contributed by atoms with Gasteiger partial charge in [-0.1, -0.05) is 6.07 Å². The number of benzene rings is 2. The standard InChI is InChI=1S/C22H22N4O4/c1-3-26(4-2)21(28)14-5-8-17(9-6-14)24-20(27)16-11-15-7-10-18(25-22(29)30)12-19(15)23-13-16/h5-13,25H,3-4H2,1-2H3,(H,24,27)(H,29,30). The molecule has 0 aliphatic carbocycles. The summed E-state index contributed by atoms with van der Waals surface area (Å²) in [5, 5.41) is 14.6. The zero-order valence-corrected chi connectivity index (χ0v) is 16.7. The van der Waals surface area contributed by atoms with Gasteiger partial charge in [-0.05, 0) is 56.3 Å². The van der Waals surface area contributed by atoms with Crippen molar-refractivity contribution in [3.8, 4) is 0 Å². The van der Waals surface area contributed by atoms with Crippen LogP contribution >= 0.6 is 0 Å². The number of hydrogen-bond donors (Lipinski definition) is 3. The lowest BCUT2D eigenvalue weighted by Gasteiger charge is -2.18. The predicted molar refractivity (Wildman–Crippen MR) is 115 cm³/mol. The Labute approximate surface area is 173 Å². The van der Waals surface area contributed by atoms with E-state index in [0.29, 0.717) is 46.5 Å². The molecule has 0 bridgehead atoms. The molecule has 0 aliphatic rings. The van der Waals surface area contributed by atoms with Gasteiger partial charge in [-0.2, -0.15) is 0 Å². The molecule has 1 aromatic heterocycles. The molecular formula is C22H22N4O4. The normalized spacial score (nSPS) is 10.5. The van der Waals surface area contributed by atoms with Gasteiger partial charge in [0.25, 0.3) is 11.8 Å². The van der Waals surface area contributed by atoms with Gasteiger partial charge in [-0.3, -0.25) is 19.9 Å². The Hall–Kier alpha value is -3.94. The number of hydrogen-bond acceptors (Lipinski definition) is 4. The lowest BCUT2D eigenvalue weighted by Crippen LogP contribution is -2.30. The third kappa shape index (κ3) is 4.72. The first kappa shape index (κ1) is 20.8. The number of nitrogens with one attached hydrogen (secondary N) is 2. The molecule has 3 amide bonds. The Morgan fingerprint density at radius 3 is 2.20 bits per heavy atom. The molecule has 8 nitrogen and oxygen atoms in total. The highest BCUT2D eigenvalue weighted by Gasteiger charge is 2.13. The first-order chi connectivity index (χ1) is 14.4. The van der Waals surface area contributed by atoms with E-state index in [1.807, 2.05) is 13.8 Å². The molecule has 0 spiro atoms. The average Bonchev–Trinajstić information content (AvgIpc) is 2.74. The summed E-state index contributed by atoms with van der Waals surface area (Å²) in [6.07, 6.45) is 0.274. The Morgan fingerprint density at radius 2 is 1.57 bits per heavy atom. The van der Waals surface area contributed by atoms with Crippen LogP contribution in [0.2, 0.25) is 0 Å². The van der Waals surface area contributed by atoms with Crippen LogP contribution < -0.4 is 10.6 Å². The summed E-state index contributed by atoms with van der Waals surface area (Å²) in [6.45, 7) is 5.13. The van der Waals surface area contributed by atoms with Gasteiger partial charge in [0.1, 0.15) is 0 Å². The zero-order chi connectivity index (χ0) is 21.7. The summed E-state index contributed by atoms with van der Waals surface area (Å²) >= 11 is 0. The van der Waals surface area contributed by atoms with E-state index in [1.54, 1.807) is 53.4 Å². The highest BCUT2D eigenvalue weighted by Crippen LogP contribution is 2.19. The fourth-order valence-electron chi connectivity index (χ4n) is 3.04. The van der Waals surface area contributed by atoms with E-state index in [0.717, 1.165) is 0 Å². The number of carbonyl (C=O) groups excluding carboxylic acids is 2. The molecule has 0 saturated carbocycles. The molecule has 0 radical (unpaired) electrons. The van der Waals surface area contributed by atoms with Crippen molar-refractivity contribution in [3.05, 3.63) is 65.9 Å². The monoisotopic (exact) mass is 406 g/mol. The SMILES string of the molecule is CCN(CC)C(=O)c1ccc(NC(=O)c2cnc3cc(NC(=O)O)ccc3c2)cc1. The number of pyridine rings is 1. The zero-order valence-electron chi connectivity index (χ0n) is 16.7. The van der Waals surface area contributed by atoms with Crippen LogP contribution in [0.1, 0.15) is 34.6 Å². The Bertz CT molecular complexity index is 1090. The van der Waals surface area contributed by atoms with Crippen molar-refractivity contribution >= 4 is 40.2 Å².